The van der Waals surface area contributed by atoms with Crippen LogP contribution in [0, 0.1) is 11.3 Å². The van der Waals surface area contributed by atoms with Crippen LogP contribution in [0.5, 0.6) is 0 Å². The molecule has 1 fully saturated rings. The van der Waals surface area contributed by atoms with E-state index in [9.17, 15) is 9.59 Å². The minimum Gasteiger partial charge on any atom is -0.444 e. The normalized spacial score (nSPS) is 25.7. The van der Waals surface area contributed by atoms with Crippen LogP contribution in [-0.2, 0) is 9.53 Å². The van der Waals surface area contributed by atoms with Crippen LogP contribution in [0.25, 0.3) is 0 Å². The van der Waals surface area contributed by atoms with Crippen LogP contribution in [0.1, 0.15) is 6.92 Å². The summed E-state index contributed by atoms with van der Waals surface area (Å²) in [5.41, 5.74) is 0. The molecule has 0 aromatic rings. The number of nitrogens with one attached hydrogen (secondary N) is 2. The van der Waals surface area contributed by atoms with Gasteiger partial charge < -0.3 is 15.4 Å². The van der Waals surface area contributed by atoms with E-state index in [2.05, 4.69) is 15.4 Å². The Morgan fingerprint density at radius 2 is 2.54 bits per heavy atom. The standard InChI is InChI=1S/C7H9N3O3/c1-4-5(10-7(12)13-4)6(11)9-3-2-8/h4-5H,3H2,1H3,(H,9,11)(H,10,12). The molecule has 0 radical (unpaired) electrons. The molecule has 2 atom stereocenters. The van der Waals surface area contributed by atoms with Crippen molar-refractivity contribution in [3.05, 3.63) is 0 Å². The van der Waals surface area contributed by atoms with E-state index in [1.54, 1.807) is 13.0 Å². The number of hydrogen-bond acceptors (Lipinski definition) is 4. The molecule has 1 aliphatic heterocycles. The highest BCUT2D eigenvalue weighted by Gasteiger charge is 2.35. The molecule has 2 N–H and O–H groups in total. The Bertz CT molecular complexity index is 271. The fourth-order valence-electron chi connectivity index (χ4n) is 1.03. The van der Waals surface area contributed by atoms with Gasteiger partial charge in [-0.2, -0.15) is 5.26 Å². The molecule has 0 aromatic heterocycles. The van der Waals surface area contributed by atoms with Gasteiger partial charge in [0.1, 0.15) is 18.7 Å². The Kier molecular flexibility index (Phi) is 2.69. The number of carbonyl (C=O) groups excluding carboxylic acids is 2. The molecule has 2 unspecified atom stereocenters. The molecule has 0 bridgehead atoms. The third-order valence-electron chi connectivity index (χ3n) is 1.66. The Morgan fingerprint density at radius 3 is 3.00 bits per heavy atom. The van der Waals surface area contributed by atoms with Gasteiger partial charge in [-0.05, 0) is 6.92 Å². The van der Waals surface area contributed by atoms with Gasteiger partial charge in [-0.25, -0.2) is 4.79 Å². The summed E-state index contributed by atoms with van der Waals surface area (Å²) in [4.78, 5) is 21.9. The molecule has 70 valence electrons. The molecule has 1 heterocycles. The molecule has 13 heavy (non-hydrogen) atoms. The van der Waals surface area contributed by atoms with Crippen LogP contribution in [0.15, 0.2) is 0 Å². The van der Waals surface area contributed by atoms with Gasteiger partial charge >= 0.3 is 6.09 Å². The number of carbonyl (C=O) groups is 2. The third kappa shape index (κ3) is 2.08. The zero-order chi connectivity index (χ0) is 9.84. The minimum absolute atomic E-state index is 0.0715. The smallest absolute Gasteiger partial charge is 0.408 e. The molecule has 1 saturated heterocycles. The lowest BCUT2D eigenvalue weighted by Gasteiger charge is -2.10. The zero-order valence-corrected chi connectivity index (χ0v) is 7.03. The van der Waals surface area contributed by atoms with Crippen LogP contribution >= 0.6 is 0 Å². The predicted molar refractivity (Wildman–Crippen MR) is 41.5 cm³/mol. The van der Waals surface area contributed by atoms with Gasteiger partial charge in [-0.3, -0.25) is 4.79 Å². The average Bonchev–Trinajstić information content (AvgIpc) is 2.41. The summed E-state index contributed by atoms with van der Waals surface area (Å²) in [6.07, 6.45) is -1.10. The topological polar surface area (TPSA) is 91.2 Å². The van der Waals surface area contributed by atoms with Crippen molar-refractivity contribution in [2.75, 3.05) is 6.54 Å². The maximum absolute atomic E-state index is 11.2. The lowest BCUT2D eigenvalue weighted by Crippen LogP contribution is -2.45. The molecular formula is C7H9N3O3. The van der Waals surface area contributed by atoms with Gasteiger partial charge in [-0.1, -0.05) is 0 Å². The van der Waals surface area contributed by atoms with Crippen LogP contribution in [-0.4, -0.2) is 30.7 Å². The number of amides is 2. The predicted octanol–water partition coefficient (Wildman–Crippen LogP) is -0.877. The average molecular weight is 183 g/mol. The molecule has 0 spiro atoms. The van der Waals surface area contributed by atoms with Crippen LogP contribution in [0.2, 0.25) is 0 Å². The van der Waals surface area contributed by atoms with Crippen molar-refractivity contribution < 1.29 is 14.3 Å². The third-order valence-corrected chi connectivity index (χ3v) is 1.66. The molecule has 6 heteroatoms. The van der Waals surface area contributed by atoms with Crippen molar-refractivity contribution in [1.82, 2.24) is 10.6 Å². The van der Waals surface area contributed by atoms with E-state index < -0.39 is 24.1 Å². The number of alkyl carbamates (subject to hydrolysis) is 1. The first-order chi connectivity index (χ1) is 6.15. The number of nitriles is 1. The van der Waals surface area contributed by atoms with Gasteiger partial charge in [0.2, 0.25) is 5.91 Å². The monoisotopic (exact) mass is 183 g/mol. The Balaban J connectivity index is 2.48. The summed E-state index contributed by atoms with van der Waals surface area (Å²) in [6, 6.07) is 1.07. The maximum atomic E-state index is 11.2. The summed E-state index contributed by atoms with van der Waals surface area (Å²) in [7, 11) is 0. The van der Waals surface area contributed by atoms with Crippen molar-refractivity contribution in [1.29, 1.82) is 5.26 Å². The number of rotatable bonds is 2. The van der Waals surface area contributed by atoms with Crippen LogP contribution in [0.3, 0.4) is 0 Å². The molecule has 1 aliphatic rings. The van der Waals surface area contributed by atoms with Crippen molar-refractivity contribution in [2.45, 2.75) is 19.1 Å². The summed E-state index contributed by atoms with van der Waals surface area (Å²) < 4.78 is 4.68. The number of ether oxygens (including phenoxy) is 1. The molecular weight excluding hydrogens is 174 g/mol. The van der Waals surface area contributed by atoms with E-state index in [1.807, 2.05) is 0 Å². The Labute approximate surface area is 74.9 Å². The first-order valence-corrected chi connectivity index (χ1v) is 3.77. The van der Waals surface area contributed by atoms with E-state index in [0.29, 0.717) is 0 Å². The molecule has 0 saturated carbocycles. The van der Waals surface area contributed by atoms with E-state index in [0.717, 1.165) is 0 Å². The van der Waals surface area contributed by atoms with E-state index in [-0.39, 0.29) is 6.54 Å². The van der Waals surface area contributed by atoms with E-state index >= 15 is 0 Å². The number of hydrogen-bond donors (Lipinski definition) is 2. The highest BCUT2D eigenvalue weighted by molar-refractivity contribution is 5.88. The first-order valence-electron chi connectivity index (χ1n) is 3.77. The van der Waals surface area contributed by atoms with Crippen LogP contribution in [0.4, 0.5) is 4.79 Å². The molecule has 0 aliphatic carbocycles. The summed E-state index contributed by atoms with van der Waals surface area (Å²) in [6.45, 7) is 1.53. The fourth-order valence-corrected chi connectivity index (χ4v) is 1.03. The second kappa shape index (κ2) is 3.76. The second-order valence-electron chi connectivity index (χ2n) is 2.61. The largest absolute Gasteiger partial charge is 0.444 e. The number of cyclic esters (lactones) is 1. The minimum atomic E-state index is -0.694. The van der Waals surface area contributed by atoms with Crippen molar-refractivity contribution in [2.24, 2.45) is 0 Å². The van der Waals surface area contributed by atoms with Gasteiger partial charge in [0.25, 0.3) is 0 Å². The van der Waals surface area contributed by atoms with Gasteiger partial charge in [0, 0.05) is 0 Å². The van der Waals surface area contributed by atoms with Gasteiger partial charge in [-0.15, -0.1) is 0 Å². The molecule has 6 nitrogen and oxygen atoms in total. The lowest BCUT2D eigenvalue weighted by molar-refractivity contribution is -0.123. The SMILES string of the molecule is CC1OC(=O)NC1C(=O)NCC#N. The number of nitrogens with zero attached hydrogens (tertiary/aromatic N) is 1. The van der Waals surface area contributed by atoms with Crippen molar-refractivity contribution in [3.63, 3.8) is 0 Å². The first kappa shape index (κ1) is 9.32. The van der Waals surface area contributed by atoms with Crippen molar-refractivity contribution >= 4 is 12.0 Å². The highest BCUT2D eigenvalue weighted by Crippen LogP contribution is 2.07. The van der Waals surface area contributed by atoms with Crippen LogP contribution < -0.4 is 10.6 Å². The van der Waals surface area contributed by atoms with E-state index in [4.69, 9.17) is 5.26 Å². The van der Waals surface area contributed by atoms with Gasteiger partial charge in [0.15, 0.2) is 0 Å². The quantitative estimate of drug-likeness (QED) is 0.544. The highest BCUT2D eigenvalue weighted by atomic mass is 16.6. The Hall–Kier alpha value is -1.77. The summed E-state index contributed by atoms with van der Waals surface area (Å²) in [5.74, 6) is -0.403. The molecule has 1 rings (SSSR count). The second-order valence-corrected chi connectivity index (χ2v) is 2.61. The molecule has 0 aromatic carbocycles. The zero-order valence-electron chi connectivity index (χ0n) is 7.03. The fraction of sp³-hybridized carbons (Fsp3) is 0.571. The van der Waals surface area contributed by atoms with Crippen molar-refractivity contribution in [3.8, 4) is 6.07 Å². The summed E-state index contributed by atoms with van der Waals surface area (Å²) >= 11 is 0. The van der Waals surface area contributed by atoms with E-state index in [1.165, 1.54) is 0 Å². The maximum Gasteiger partial charge on any atom is 0.408 e. The van der Waals surface area contributed by atoms with Gasteiger partial charge in [0.05, 0.1) is 6.07 Å². The lowest BCUT2D eigenvalue weighted by atomic mass is 10.2. The molecule has 2 amide bonds. The summed E-state index contributed by atoms with van der Waals surface area (Å²) in [5, 5.41) is 12.9. The Morgan fingerprint density at radius 1 is 1.85 bits per heavy atom.